The van der Waals surface area contributed by atoms with Crippen molar-refractivity contribution < 1.29 is 19.2 Å². The van der Waals surface area contributed by atoms with E-state index < -0.39 is 11.9 Å². The molecule has 0 bridgehead atoms. The van der Waals surface area contributed by atoms with Gasteiger partial charge in [-0.05, 0) is 55.0 Å². The molecule has 2 fully saturated rings. The average molecular weight is 497 g/mol. The number of fused-ring (bicyclic) bond motifs is 2. The molecule has 1 atom stereocenters. The van der Waals surface area contributed by atoms with Gasteiger partial charge in [0.2, 0.25) is 11.8 Å². The minimum absolute atomic E-state index is 0.0734. The number of hydrogen-bond acceptors (Lipinski definition) is 4. The molecule has 1 N–H and O–H groups in total. The minimum atomic E-state index is -0.636. The maximum atomic E-state index is 13.1. The average Bonchev–Trinajstić information content (AvgIpc) is 3.49. The molecule has 37 heavy (non-hydrogen) atoms. The van der Waals surface area contributed by atoms with Gasteiger partial charge in [0.25, 0.3) is 5.91 Å². The first-order valence-corrected chi connectivity index (χ1v) is 12.9. The number of imide groups is 1. The third-order valence-electron chi connectivity index (χ3n) is 7.88. The van der Waals surface area contributed by atoms with E-state index in [4.69, 9.17) is 0 Å². The summed E-state index contributed by atoms with van der Waals surface area (Å²) in [6.45, 7) is 2.39. The van der Waals surface area contributed by atoms with Crippen molar-refractivity contribution in [3.8, 4) is 11.8 Å². The van der Waals surface area contributed by atoms with Crippen LogP contribution in [0.3, 0.4) is 0 Å². The van der Waals surface area contributed by atoms with Crippen LogP contribution < -0.4 is 10.2 Å². The van der Waals surface area contributed by atoms with Crippen molar-refractivity contribution in [3.63, 3.8) is 0 Å². The van der Waals surface area contributed by atoms with Gasteiger partial charge in [-0.1, -0.05) is 36.1 Å². The van der Waals surface area contributed by atoms with Gasteiger partial charge in [0, 0.05) is 55.3 Å². The first-order valence-electron chi connectivity index (χ1n) is 12.9. The fraction of sp³-hybridized carbons (Fsp3) is 0.379. The maximum absolute atomic E-state index is 13.1. The third kappa shape index (κ3) is 4.25. The highest BCUT2D eigenvalue weighted by molar-refractivity contribution is 6.05. The predicted molar refractivity (Wildman–Crippen MR) is 137 cm³/mol. The molecule has 0 saturated carbocycles. The van der Waals surface area contributed by atoms with Crippen molar-refractivity contribution in [2.75, 3.05) is 24.5 Å². The zero-order valence-electron chi connectivity index (χ0n) is 20.5. The van der Waals surface area contributed by atoms with Crippen molar-refractivity contribution in [1.29, 1.82) is 0 Å². The van der Waals surface area contributed by atoms with Crippen molar-refractivity contribution in [3.05, 3.63) is 64.7 Å². The first kappa shape index (κ1) is 23.3. The van der Waals surface area contributed by atoms with Gasteiger partial charge in [0.05, 0.1) is 0 Å². The van der Waals surface area contributed by atoms with Gasteiger partial charge in [0.1, 0.15) is 6.04 Å². The van der Waals surface area contributed by atoms with Crippen LogP contribution in [-0.4, -0.2) is 59.2 Å². The van der Waals surface area contributed by atoms with Crippen LogP contribution in [0.25, 0.3) is 0 Å². The normalized spacial score (nSPS) is 21.4. The molecule has 2 saturated heterocycles. The van der Waals surface area contributed by atoms with Crippen molar-refractivity contribution in [2.45, 2.75) is 44.7 Å². The molecule has 8 heteroatoms. The molecule has 0 spiro atoms. The number of piperidine rings is 2. The topological polar surface area (TPSA) is 90.0 Å². The number of hydrogen-bond donors (Lipinski definition) is 1. The van der Waals surface area contributed by atoms with E-state index in [1.807, 2.05) is 40.1 Å². The van der Waals surface area contributed by atoms with Crippen LogP contribution >= 0.6 is 0 Å². The molecule has 1 unspecified atom stereocenters. The van der Waals surface area contributed by atoms with E-state index in [0.717, 1.165) is 42.6 Å². The Morgan fingerprint density at radius 3 is 2.54 bits per heavy atom. The Morgan fingerprint density at radius 1 is 0.919 bits per heavy atom. The Balaban J connectivity index is 1.11. The van der Waals surface area contributed by atoms with Crippen LogP contribution in [0.2, 0.25) is 0 Å². The summed E-state index contributed by atoms with van der Waals surface area (Å²) in [4.78, 5) is 55.4. The summed E-state index contributed by atoms with van der Waals surface area (Å²) in [5.74, 6) is 5.95. The lowest BCUT2D eigenvalue weighted by Gasteiger charge is -2.33. The molecule has 4 aliphatic heterocycles. The summed E-state index contributed by atoms with van der Waals surface area (Å²) >= 11 is 0. The van der Waals surface area contributed by atoms with Crippen molar-refractivity contribution in [1.82, 2.24) is 15.1 Å². The molecule has 6 rings (SSSR count). The van der Waals surface area contributed by atoms with E-state index in [2.05, 4.69) is 23.2 Å². The van der Waals surface area contributed by atoms with Crippen LogP contribution in [-0.2, 0) is 22.6 Å². The summed E-state index contributed by atoms with van der Waals surface area (Å²) in [5, 5.41) is 2.34. The highest BCUT2D eigenvalue weighted by Gasteiger charge is 2.39. The van der Waals surface area contributed by atoms with Gasteiger partial charge in [-0.15, -0.1) is 0 Å². The quantitative estimate of drug-likeness (QED) is 0.486. The lowest BCUT2D eigenvalue weighted by Crippen LogP contribution is -2.52. The van der Waals surface area contributed by atoms with Crippen LogP contribution in [0.15, 0.2) is 42.5 Å². The number of carbonyl (C=O) groups excluding carboxylic acids is 4. The maximum Gasteiger partial charge on any atom is 0.324 e. The number of nitrogens with one attached hydrogen (secondary N) is 1. The number of nitrogens with zero attached hydrogens (tertiary/aromatic N) is 3. The number of urea groups is 1. The van der Waals surface area contributed by atoms with Gasteiger partial charge >= 0.3 is 6.03 Å². The molecular weight excluding hydrogens is 468 g/mol. The zero-order chi connectivity index (χ0) is 25.5. The van der Waals surface area contributed by atoms with Crippen LogP contribution in [0.5, 0.6) is 0 Å². The van der Waals surface area contributed by atoms with Gasteiger partial charge in [-0.2, -0.15) is 0 Å². The monoisotopic (exact) mass is 496 g/mol. The molecule has 188 valence electrons. The standard InChI is InChI=1S/C29H28N4O4/c34-26-11-10-25(27(35)30-26)33-18-23-20(5-3-6-22(23)28(33)36)9-8-19-12-15-31(16-13-19)29(37)32-17-14-21-4-1-2-7-24(21)32/h1-7,19,25H,10-18H2,(H,30,34,35). The zero-order valence-corrected chi connectivity index (χ0v) is 20.5. The Hall–Kier alpha value is -4.12. The summed E-state index contributed by atoms with van der Waals surface area (Å²) in [6.07, 6.45) is 3.09. The molecule has 0 aliphatic carbocycles. The molecular formula is C29H28N4O4. The van der Waals surface area contributed by atoms with E-state index in [1.165, 1.54) is 5.56 Å². The summed E-state index contributed by atoms with van der Waals surface area (Å²) in [6, 6.07) is 13.0. The van der Waals surface area contributed by atoms with Gasteiger partial charge in [0.15, 0.2) is 0 Å². The SMILES string of the molecule is O=C1CCC(N2Cc3c(C#CC4CCN(C(=O)N5CCc6ccccc65)CC4)cccc3C2=O)C(=O)N1. The van der Waals surface area contributed by atoms with E-state index in [1.54, 1.807) is 11.0 Å². The minimum Gasteiger partial charge on any atom is -0.324 e. The van der Waals surface area contributed by atoms with E-state index in [0.29, 0.717) is 31.6 Å². The number of carbonyl (C=O) groups is 4. The Labute approximate surface area is 215 Å². The summed E-state index contributed by atoms with van der Waals surface area (Å²) in [5.41, 5.74) is 4.45. The fourth-order valence-electron chi connectivity index (χ4n) is 5.81. The van der Waals surface area contributed by atoms with Crippen molar-refractivity contribution >= 4 is 29.4 Å². The third-order valence-corrected chi connectivity index (χ3v) is 7.88. The summed E-state index contributed by atoms with van der Waals surface area (Å²) < 4.78 is 0. The van der Waals surface area contributed by atoms with Crippen LogP contribution in [0, 0.1) is 17.8 Å². The Kier molecular flexibility index (Phi) is 5.91. The molecule has 5 amide bonds. The smallest absolute Gasteiger partial charge is 0.324 e. The number of rotatable bonds is 1. The number of para-hydroxylation sites is 1. The van der Waals surface area contributed by atoms with E-state index >= 15 is 0 Å². The number of anilines is 1. The van der Waals surface area contributed by atoms with E-state index in [-0.39, 0.29) is 30.2 Å². The molecule has 8 nitrogen and oxygen atoms in total. The Morgan fingerprint density at radius 2 is 1.73 bits per heavy atom. The number of amides is 5. The number of benzene rings is 2. The van der Waals surface area contributed by atoms with E-state index in [9.17, 15) is 19.2 Å². The summed E-state index contributed by atoms with van der Waals surface area (Å²) in [7, 11) is 0. The first-order chi connectivity index (χ1) is 18.0. The molecule has 0 radical (unpaired) electrons. The highest BCUT2D eigenvalue weighted by Crippen LogP contribution is 2.31. The van der Waals surface area contributed by atoms with Crippen LogP contribution in [0.4, 0.5) is 10.5 Å². The highest BCUT2D eigenvalue weighted by atomic mass is 16.2. The second-order valence-electron chi connectivity index (χ2n) is 10.1. The molecule has 2 aromatic rings. The second-order valence-corrected chi connectivity index (χ2v) is 10.1. The van der Waals surface area contributed by atoms with Crippen LogP contribution in [0.1, 0.15) is 52.7 Å². The molecule has 4 aliphatic rings. The lowest BCUT2D eigenvalue weighted by molar-refractivity contribution is -0.136. The lowest BCUT2D eigenvalue weighted by atomic mass is 9.96. The fourth-order valence-corrected chi connectivity index (χ4v) is 5.81. The van der Waals surface area contributed by atoms with Gasteiger partial charge in [-0.3, -0.25) is 24.6 Å². The van der Waals surface area contributed by atoms with Gasteiger partial charge in [-0.25, -0.2) is 4.79 Å². The number of likely N-dealkylation sites (tertiary alicyclic amines) is 1. The Bertz CT molecular complexity index is 1370. The van der Waals surface area contributed by atoms with Gasteiger partial charge < -0.3 is 9.80 Å². The molecule has 2 aromatic carbocycles. The largest absolute Gasteiger partial charge is 0.324 e. The van der Waals surface area contributed by atoms with Crippen molar-refractivity contribution in [2.24, 2.45) is 5.92 Å². The second kappa shape index (κ2) is 9.40. The molecule has 4 heterocycles. The molecule has 0 aromatic heterocycles. The predicted octanol–water partition coefficient (Wildman–Crippen LogP) is 2.69.